The molecule has 1 aromatic carbocycles. The molecule has 2 atom stereocenters. The van der Waals surface area contributed by atoms with Gasteiger partial charge in [-0.15, -0.1) is 0 Å². The number of rotatable bonds is 3. The summed E-state index contributed by atoms with van der Waals surface area (Å²) in [6.45, 7) is 2.29. The second kappa shape index (κ2) is 5.98. The third-order valence-corrected chi connectivity index (χ3v) is 4.42. The van der Waals surface area contributed by atoms with Gasteiger partial charge in [0.15, 0.2) is 0 Å². The molecule has 17 heavy (non-hydrogen) atoms. The molecule has 1 aliphatic rings. The molecule has 1 aromatic rings. The molecule has 0 spiro atoms. The van der Waals surface area contributed by atoms with Crippen molar-refractivity contribution in [3.8, 4) is 0 Å². The summed E-state index contributed by atoms with van der Waals surface area (Å²) in [7, 11) is 4.29. The molecule has 1 N–H and O–H groups in total. The van der Waals surface area contributed by atoms with Crippen LogP contribution in [0.5, 0.6) is 0 Å². The van der Waals surface area contributed by atoms with E-state index < -0.39 is 0 Å². The number of nitrogens with zero attached hydrogens (tertiary/aromatic N) is 1. The van der Waals surface area contributed by atoms with Gasteiger partial charge in [-0.05, 0) is 57.6 Å². The van der Waals surface area contributed by atoms with Crippen LogP contribution in [0.1, 0.15) is 24.4 Å². The molecule has 0 radical (unpaired) electrons. The number of likely N-dealkylation sites (tertiary alicyclic amines) is 1. The minimum Gasteiger partial charge on any atom is -0.319 e. The van der Waals surface area contributed by atoms with Crippen LogP contribution in [-0.2, 0) is 0 Å². The second-order valence-corrected chi connectivity index (χ2v) is 5.76. The van der Waals surface area contributed by atoms with E-state index in [9.17, 15) is 0 Å². The fourth-order valence-corrected chi connectivity index (χ4v) is 3.46. The fourth-order valence-electron chi connectivity index (χ4n) is 2.94. The average molecular weight is 297 g/mol. The Morgan fingerprint density at radius 2 is 2.18 bits per heavy atom. The van der Waals surface area contributed by atoms with Crippen LogP contribution in [0.3, 0.4) is 0 Å². The van der Waals surface area contributed by atoms with E-state index in [0.717, 1.165) is 6.54 Å². The summed E-state index contributed by atoms with van der Waals surface area (Å²) in [5.74, 6) is 0.706. The largest absolute Gasteiger partial charge is 0.319 e. The van der Waals surface area contributed by atoms with Crippen LogP contribution in [0.2, 0.25) is 0 Å². The van der Waals surface area contributed by atoms with Crippen LogP contribution in [-0.4, -0.2) is 32.1 Å². The highest BCUT2D eigenvalue weighted by atomic mass is 79.9. The maximum Gasteiger partial charge on any atom is 0.0396 e. The minimum atomic E-state index is 0.534. The molecule has 1 aliphatic heterocycles. The highest BCUT2D eigenvalue weighted by molar-refractivity contribution is 9.10. The normalized spacial score (nSPS) is 26.1. The Kier molecular flexibility index (Phi) is 4.60. The first kappa shape index (κ1) is 13.1. The molecular formula is C14H21BrN2. The van der Waals surface area contributed by atoms with Gasteiger partial charge < -0.3 is 5.32 Å². The molecule has 2 nitrogen and oxygen atoms in total. The molecule has 1 fully saturated rings. The predicted molar refractivity (Wildman–Crippen MR) is 76.2 cm³/mol. The molecule has 3 heteroatoms. The molecule has 0 aromatic heterocycles. The van der Waals surface area contributed by atoms with Crippen molar-refractivity contribution in [3.05, 3.63) is 34.3 Å². The monoisotopic (exact) mass is 296 g/mol. The van der Waals surface area contributed by atoms with E-state index in [1.165, 1.54) is 29.4 Å². The van der Waals surface area contributed by atoms with E-state index in [-0.39, 0.29) is 0 Å². The first-order chi connectivity index (χ1) is 8.24. The van der Waals surface area contributed by atoms with Gasteiger partial charge in [-0.1, -0.05) is 34.1 Å². The topological polar surface area (TPSA) is 15.3 Å². The average Bonchev–Trinajstić information content (AvgIpc) is 2.31. The zero-order valence-electron chi connectivity index (χ0n) is 10.6. The van der Waals surface area contributed by atoms with Crippen LogP contribution >= 0.6 is 15.9 Å². The number of piperidine rings is 1. The molecular weight excluding hydrogens is 276 g/mol. The van der Waals surface area contributed by atoms with E-state index >= 15 is 0 Å². The third-order valence-electron chi connectivity index (χ3n) is 3.70. The number of benzene rings is 1. The molecule has 1 saturated heterocycles. The van der Waals surface area contributed by atoms with Crippen LogP contribution in [0.4, 0.5) is 0 Å². The highest BCUT2D eigenvalue weighted by Crippen LogP contribution is 2.37. The first-order valence-corrected chi connectivity index (χ1v) is 7.12. The van der Waals surface area contributed by atoms with Crippen molar-refractivity contribution in [1.82, 2.24) is 10.2 Å². The Morgan fingerprint density at radius 3 is 2.88 bits per heavy atom. The van der Waals surface area contributed by atoms with Crippen molar-refractivity contribution in [2.24, 2.45) is 5.92 Å². The van der Waals surface area contributed by atoms with E-state index in [1.807, 2.05) is 7.05 Å². The molecule has 1 heterocycles. The van der Waals surface area contributed by atoms with Gasteiger partial charge in [0.05, 0.1) is 0 Å². The SMILES string of the molecule is CNCC1CCCN(C)C1c1ccccc1Br. The maximum absolute atomic E-state index is 3.69. The Morgan fingerprint density at radius 1 is 1.41 bits per heavy atom. The molecule has 94 valence electrons. The molecule has 2 rings (SSSR count). The van der Waals surface area contributed by atoms with Crippen LogP contribution in [0.15, 0.2) is 28.7 Å². The zero-order valence-corrected chi connectivity index (χ0v) is 12.2. The van der Waals surface area contributed by atoms with E-state index in [4.69, 9.17) is 0 Å². The summed E-state index contributed by atoms with van der Waals surface area (Å²) in [4.78, 5) is 2.49. The minimum absolute atomic E-state index is 0.534. The zero-order chi connectivity index (χ0) is 12.3. The van der Waals surface area contributed by atoms with Crippen molar-refractivity contribution < 1.29 is 0 Å². The third kappa shape index (κ3) is 2.90. The highest BCUT2D eigenvalue weighted by Gasteiger charge is 2.30. The van der Waals surface area contributed by atoms with Gasteiger partial charge in [-0.3, -0.25) is 4.90 Å². The van der Waals surface area contributed by atoms with Gasteiger partial charge in [0.2, 0.25) is 0 Å². The van der Waals surface area contributed by atoms with Crippen LogP contribution in [0, 0.1) is 5.92 Å². The van der Waals surface area contributed by atoms with Crippen molar-refractivity contribution >= 4 is 15.9 Å². The number of halogens is 1. The summed E-state index contributed by atoms with van der Waals surface area (Å²) in [6, 6.07) is 9.15. The van der Waals surface area contributed by atoms with E-state index in [0.29, 0.717) is 12.0 Å². The van der Waals surface area contributed by atoms with Gasteiger partial charge in [-0.2, -0.15) is 0 Å². The molecule has 2 unspecified atom stereocenters. The van der Waals surface area contributed by atoms with Gasteiger partial charge >= 0.3 is 0 Å². The van der Waals surface area contributed by atoms with Gasteiger partial charge in [-0.25, -0.2) is 0 Å². The van der Waals surface area contributed by atoms with Crippen LogP contribution in [0.25, 0.3) is 0 Å². The Hall–Kier alpha value is -0.380. The molecule has 0 amide bonds. The first-order valence-electron chi connectivity index (χ1n) is 6.33. The lowest BCUT2D eigenvalue weighted by molar-refractivity contribution is 0.120. The lowest BCUT2D eigenvalue weighted by atomic mass is 9.85. The Labute approximate surface area is 113 Å². The summed E-state index contributed by atoms with van der Waals surface area (Å²) >= 11 is 3.69. The quantitative estimate of drug-likeness (QED) is 0.922. The lowest BCUT2D eigenvalue weighted by Gasteiger charge is -2.40. The number of hydrogen-bond acceptors (Lipinski definition) is 2. The van der Waals surface area contributed by atoms with Crippen molar-refractivity contribution in [1.29, 1.82) is 0 Å². The van der Waals surface area contributed by atoms with Gasteiger partial charge in [0.25, 0.3) is 0 Å². The molecule has 0 saturated carbocycles. The standard InChI is InChI=1S/C14H21BrN2/c1-16-10-11-6-5-9-17(2)14(11)12-7-3-4-8-13(12)15/h3-4,7-8,11,14,16H,5-6,9-10H2,1-2H3. The fraction of sp³-hybridized carbons (Fsp3) is 0.571. The van der Waals surface area contributed by atoms with Crippen molar-refractivity contribution in [3.63, 3.8) is 0 Å². The number of hydrogen-bond donors (Lipinski definition) is 1. The predicted octanol–water partition coefficient (Wildman–Crippen LogP) is 3.05. The smallest absolute Gasteiger partial charge is 0.0396 e. The van der Waals surface area contributed by atoms with Crippen molar-refractivity contribution in [2.45, 2.75) is 18.9 Å². The van der Waals surface area contributed by atoms with Gasteiger partial charge in [0.1, 0.15) is 0 Å². The summed E-state index contributed by atoms with van der Waals surface area (Å²) in [6.07, 6.45) is 2.63. The Bertz CT molecular complexity index is 365. The van der Waals surface area contributed by atoms with E-state index in [1.54, 1.807) is 0 Å². The number of nitrogens with one attached hydrogen (secondary N) is 1. The lowest BCUT2D eigenvalue weighted by Crippen LogP contribution is -2.40. The van der Waals surface area contributed by atoms with E-state index in [2.05, 4.69) is 57.5 Å². The summed E-state index contributed by atoms with van der Waals surface area (Å²) in [5.41, 5.74) is 1.43. The van der Waals surface area contributed by atoms with Gasteiger partial charge in [0, 0.05) is 10.5 Å². The van der Waals surface area contributed by atoms with Crippen LogP contribution < -0.4 is 5.32 Å². The Balaban J connectivity index is 2.28. The molecule has 0 bridgehead atoms. The van der Waals surface area contributed by atoms with Crippen molar-refractivity contribution in [2.75, 3.05) is 27.2 Å². The maximum atomic E-state index is 3.69. The summed E-state index contributed by atoms with van der Waals surface area (Å²) < 4.78 is 1.24. The summed E-state index contributed by atoms with van der Waals surface area (Å²) in [5, 5.41) is 3.34. The molecule has 0 aliphatic carbocycles. The second-order valence-electron chi connectivity index (χ2n) is 4.91.